The van der Waals surface area contributed by atoms with Crippen LogP contribution in [0.3, 0.4) is 0 Å². The van der Waals surface area contributed by atoms with Gasteiger partial charge in [-0.2, -0.15) is 0 Å². The number of nitrogens with zero attached hydrogens (tertiary/aromatic N) is 1. The molecule has 0 aliphatic rings. The van der Waals surface area contributed by atoms with Crippen molar-refractivity contribution in [1.29, 1.82) is 0 Å². The SMILES string of the molecule is CCCCCCCCC=CCCCCCCCCCCCCN(CCO)CCO. The Bertz CT molecular complexity index is 314. The quantitative estimate of drug-likeness (QED) is 0.134. The van der Waals surface area contributed by atoms with Crippen molar-refractivity contribution in [2.45, 2.75) is 122 Å². The van der Waals surface area contributed by atoms with Crippen molar-refractivity contribution in [3.05, 3.63) is 12.2 Å². The lowest BCUT2D eigenvalue weighted by Crippen LogP contribution is -2.30. The van der Waals surface area contributed by atoms with Gasteiger partial charge in [-0.1, -0.05) is 103 Å². The molecule has 0 unspecified atom stereocenters. The number of aliphatic hydroxyl groups excluding tert-OH is 2. The van der Waals surface area contributed by atoms with E-state index in [4.69, 9.17) is 10.2 Å². The van der Waals surface area contributed by atoms with Crippen molar-refractivity contribution in [3.8, 4) is 0 Å². The van der Waals surface area contributed by atoms with Gasteiger partial charge in [0.05, 0.1) is 13.2 Å². The van der Waals surface area contributed by atoms with Gasteiger partial charge in [0.2, 0.25) is 0 Å². The van der Waals surface area contributed by atoms with E-state index < -0.39 is 0 Å². The van der Waals surface area contributed by atoms with Gasteiger partial charge in [0, 0.05) is 13.1 Å². The van der Waals surface area contributed by atoms with Crippen LogP contribution < -0.4 is 0 Å². The maximum Gasteiger partial charge on any atom is 0.0558 e. The Kier molecular flexibility index (Phi) is 25.3. The lowest BCUT2D eigenvalue weighted by molar-refractivity contribution is 0.159. The van der Waals surface area contributed by atoms with Crippen LogP contribution in [0, 0.1) is 0 Å². The topological polar surface area (TPSA) is 43.7 Å². The summed E-state index contributed by atoms with van der Waals surface area (Å²) in [5, 5.41) is 18.0. The van der Waals surface area contributed by atoms with E-state index in [0.717, 1.165) is 6.54 Å². The normalized spacial score (nSPS) is 11.9. The minimum atomic E-state index is 0.190. The van der Waals surface area contributed by atoms with Crippen LogP contribution in [0.25, 0.3) is 0 Å². The van der Waals surface area contributed by atoms with Crippen molar-refractivity contribution in [2.75, 3.05) is 32.8 Å². The van der Waals surface area contributed by atoms with Crippen LogP contribution in [0.4, 0.5) is 0 Å². The number of aliphatic hydroxyl groups is 2. The molecule has 0 aromatic heterocycles. The van der Waals surface area contributed by atoms with Crippen LogP contribution in [0.1, 0.15) is 122 Å². The maximum absolute atomic E-state index is 9.00. The molecule has 0 saturated carbocycles. The first-order valence-electron chi connectivity index (χ1n) is 12.9. The molecule has 174 valence electrons. The minimum Gasteiger partial charge on any atom is -0.395 e. The average Bonchev–Trinajstić information content (AvgIpc) is 2.72. The highest BCUT2D eigenvalue weighted by Crippen LogP contribution is 2.12. The third-order valence-electron chi connectivity index (χ3n) is 5.82. The van der Waals surface area contributed by atoms with Crippen molar-refractivity contribution in [3.63, 3.8) is 0 Å². The number of hydrogen-bond donors (Lipinski definition) is 2. The molecule has 0 heterocycles. The number of allylic oxidation sites excluding steroid dienone is 2. The number of unbranched alkanes of at least 4 members (excludes halogenated alkanes) is 16. The Morgan fingerprint density at radius 3 is 1.28 bits per heavy atom. The number of hydrogen-bond acceptors (Lipinski definition) is 3. The monoisotopic (exact) mass is 411 g/mol. The number of rotatable bonds is 24. The van der Waals surface area contributed by atoms with Gasteiger partial charge in [0.1, 0.15) is 0 Å². The summed E-state index contributed by atoms with van der Waals surface area (Å²) in [7, 11) is 0. The summed E-state index contributed by atoms with van der Waals surface area (Å²) < 4.78 is 0. The first-order valence-corrected chi connectivity index (χ1v) is 12.9. The molecular weight excluding hydrogens is 358 g/mol. The largest absolute Gasteiger partial charge is 0.395 e. The molecule has 0 aliphatic heterocycles. The van der Waals surface area contributed by atoms with E-state index in [1.54, 1.807) is 0 Å². The first kappa shape index (κ1) is 28.6. The van der Waals surface area contributed by atoms with Gasteiger partial charge in [-0.15, -0.1) is 0 Å². The van der Waals surface area contributed by atoms with Crippen LogP contribution in [0.15, 0.2) is 12.2 Å². The third kappa shape index (κ3) is 23.8. The minimum absolute atomic E-state index is 0.190. The van der Waals surface area contributed by atoms with E-state index in [1.165, 1.54) is 116 Å². The van der Waals surface area contributed by atoms with Crippen molar-refractivity contribution in [1.82, 2.24) is 4.90 Å². The highest BCUT2D eigenvalue weighted by atomic mass is 16.3. The summed E-state index contributed by atoms with van der Waals surface area (Å²) in [6, 6.07) is 0. The highest BCUT2D eigenvalue weighted by Gasteiger charge is 2.02. The summed E-state index contributed by atoms with van der Waals surface area (Å²) in [6.07, 6.45) is 29.3. The van der Waals surface area contributed by atoms with Crippen molar-refractivity contribution in [2.24, 2.45) is 0 Å². The Labute approximate surface area is 183 Å². The maximum atomic E-state index is 9.00. The fourth-order valence-electron chi connectivity index (χ4n) is 3.91. The summed E-state index contributed by atoms with van der Waals surface area (Å²) in [6.45, 7) is 5.05. The van der Waals surface area contributed by atoms with Gasteiger partial charge >= 0.3 is 0 Å². The molecule has 0 bridgehead atoms. The second-order valence-electron chi connectivity index (χ2n) is 8.64. The van der Waals surface area contributed by atoms with E-state index >= 15 is 0 Å². The zero-order chi connectivity index (χ0) is 21.3. The van der Waals surface area contributed by atoms with E-state index in [9.17, 15) is 0 Å². The molecule has 0 spiro atoms. The summed E-state index contributed by atoms with van der Waals surface area (Å²) in [5.74, 6) is 0. The summed E-state index contributed by atoms with van der Waals surface area (Å²) in [5.41, 5.74) is 0. The van der Waals surface area contributed by atoms with Crippen molar-refractivity contribution < 1.29 is 10.2 Å². The van der Waals surface area contributed by atoms with E-state index in [1.807, 2.05) is 0 Å². The van der Waals surface area contributed by atoms with Crippen molar-refractivity contribution >= 4 is 0 Å². The highest BCUT2D eigenvalue weighted by molar-refractivity contribution is 4.81. The van der Waals surface area contributed by atoms with Gasteiger partial charge in [-0.25, -0.2) is 0 Å². The van der Waals surface area contributed by atoms with Crippen LogP contribution in [-0.4, -0.2) is 48.0 Å². The molecule has 0 atom stereocenters. The Balaban J connectivity index is 3.19. The Morgan fingerprint density at radius 2 is 0.862 bits per heavy atom. The molecular formula is C26H53NO2. The lowest BCUT2D eigenvalue weighted by atomic mass is 10.1. The molecule has 0 rings (SSSR count). The average molecular weight is 412 g/mol. The Hall–Kier alpha value is -0.380. The van der Waals surface area contributed by atoms with E-state index in [-0.39, 0.29) is 13.2 Å². The molecule has 0 fully saturated rings. The fraction of sp³-hybridized carbons (Fsp3) is 0.923. The van der Waals surface area contributed by atoms with Gasteiger partial charge in [0.15, 0.2) is 0 Å². The predicted octanol–water partition coefficient (Wildman–Crippen LogP) is 6.87. The molecule has 3 heteroatoms. The summed E-state index contributed by atoms with van der Waals surface area (Å²) in [4.78, 5) is 2.16. The van der Waals surface area contributed by atoms with Gasteiger partial charge in [0.25, 0.3) is 0 Å². The molecule has 0 aliphatic carbocycles. The Morgan fingerprint density at radius 1 is 0.483 bits per heavy atom. The van der Waals surface area contributed by atoms with Crippen LogP contribution >= 0.6 is 0 Å². The third-order valence-corrected chi connectivity index (χ3v) is 5.82. The van der Waals surface area contributed by atoms with Gasteiger partial charge in [-0.3, -0.25) is 4.90 Å². The van der Waals surface area contributed by atoms with Crippen LogP contribution in [0.2, 0.25) is 0 Å². The van der Waals surface area contributed by atoms with Gasteiger partial charge < -0.3 is 10.2 Å². The fourth-order valence-corrected chi connectivity index (χ4v) is 3.91. The smallest absolute Gasteiger partial charge is 0.0558 e. The molecule has 0 aromatic rings. The van der Waals surface area contributed by atoms with Crippen LogP contribution in [-0.2, 0) is 0 Å². The second kappa shape index (κ2) is 25.7. The standard InChI is InChI=1S/C26H53NO2/c1-2-3-4-5-6-7-8-9-10-11-12-13-14-15-16-17-18-19-20-21-22-27(23-25-28)24-26-29/h9-10,28-29H,2-8,11-26H2,1H3. The van der Waals surface area contributed by atoms with Crippen LogP contribution in [0.5, 0.6) is 0 Å². The lowest BCUT2D eigenvalue weighted by Gasteiger charge is -2.19. The molecule has 0 radical (unpaired) electrons. The molecule has 0 saturated heterocycles. The molecule has 0 amide bonds. The zero-order valence-electron chi connectivity index (χ0n) is 19.8. The molecule has 0 aromatic carbocycles. The molecule has 2 N–H and O–H groups in total. The molecule has 29 heavy (non-hydrogen) atoms. The second-order valence-corrected chi connectivity index (χ2v) is 8.64. The van der Waals surface area contributed by atoms with Gasteiger partial charge in [-0.05, 0) is 38.6 Å². The van der Waals surface area contributed by atoms with E-state index in [2.05, 4.69) is 24.0 Å². The summed E-state index contributed by atoms with van der Waals surface area (Å²) >= 11 is 0. The molecule has 3 nitrogen and oxygen atoms in total. The first-order chi connectivity index (χ1) is 14.3. The predicted molar refractivity (Wildman–Crippen MR) is 129 cm³/mol. The zero-order valence-corrected chi connectivity index (χ0v) is 19.8. The van der Waals surface area contributed by atoms with E-state index in [0.29, 0.717) is 13.1 Å².